The molecular formula is C42H43N3O19. The summed E-state index contributed by atoms with van der Waals surface area (Å²) in [6, 6.07) is 7.91. The number of H-pyrrole nitrogens is 1. The molecule has 64 heavy (non-hydrogen) atoms. The normalized spacial score (nSPS) is 31.3. The topological polar surface area (TPSA) is 378 Å². The molecule has 4 aliphatic rings. The minimum Gasteiger partial charge on any atom is -0.507 e. The van der Waals surface area contributed by atoms with E-state index in [4.69, 9.17) is 29.1 Å². The van der Waals surface area contributed by atoms with Gasteiger partial charge in [0.05, 0.1) is 6.17 Å². The highest BCUT2D eigenvalue weighted by Crippen LogP contribution is 2.52. The van der Waals surface area contributed by atoms with Crippen molar-refractivity contribution in [3.8, 4) is 34.3 Å². The van der Waals surface area contributed by atoms with Crippen molar-refractivity contribution in [2.45, 2.75) is 85.8 Å². The summed E-state index contributed by atoms with van der Waals surface area (Å²) < 4.78 is 29.2. The number of carbonyl (C=O) groups excluding carboxylic acids is 1. The molecule has 2 aromatic carbocycles. The summed E-state index contributed by atoms with van der Waals surface area (Å²) >= 11 is 0. The summed E-state index contributed by atoms with van der Waals surface area (Å²) in [7, 11) is 0. The van der Waals surface area contributed by atoms with E-state index in [1.807, 2.05) is 0 Å². The van der Waals surface area contributed by atoms with Crippen LogP contribution in [0, 0.1) is 0 Å². The Balaban J connectivity index is 1.31. The number of aliphatic hydroxyl groups is 7. The summed E-state index contributed by atoms with van der Waals surface area (Å²) in [4.78, 5) is 42.7. The predicted octanol–water partition coefficient (Wildman–Crippen LogP) is -1.97. The second-order valence-electron chi connectivity index (χ2n) is 15.6. The van der Waals surface area contributed by atoms with E-state index in [1.165, 1.54) is 18.3 Å². The second-order valence-corrected chi connectivity index (χ2v) is 15.6. The summed E-state index contributed by atoms with van der Waals surface area (Å²) in [5.74, 6) is -9.67. The average molecular weight is 894 g/mol. The number of ether oxygens (including phenoxy) is 4. The fourth-order valence-electron chi connectivity index (χ4n) is 8.20. The van der Waals surface area contributed by atoms with E-state index in [-0.39, 0.29) is 57.6 Å². The lowest BCUT2D eigenvalue weighted by molar-refractivity contribution is -0.325. The van der Waals surface area contributed by atoms with Crippen molar-refractivity contribution in [2.75, 3.05) is 6.61 Å². The molecule has 22 heteroatoms. The van der Waals surface area contributed by atoms with Gasteiger partial charge in [-0.3, -0.25) is 4.79 Å². The van der Waals surface area contributed by atoms with Crippen molar-refractivity contribution < 1.29 is 89.1 Å². The highest BCUT2D eigenvalue weighted by Gasteiger charge is 2.61. The summed E-state index contributed by atoms with van der Waals surface area (Å²) in [5, 5.41) is 121. The van der Waals surface area contributed by atoms with Gasteiger partial charge in [0.15, 0.2) is 35.2 Å². The van der Waals surface area contributed by atoms with Crippen LogP contribution in [0.25, 0.3) is 22.3 Å². The van der Waals surface area contributed by atoms with Crippen LogP contribution in [0.15, 0.2) is 87.4 Å². The van der Waals surface area contributed by atoms with Crippen molar-refractivity contribution in [2.24, 2.45) is 5.73 Å². The molecule has 4 aliphatic heterocycles. The number of aliphatic carboxylic acids is 1. The Hall–Kier alpha value is -6.31. The number of fused-ring (bicyclic) bond motifs is 2. The number of phenols is 3. The van der Waals surface area contributed by atoms with E-state index < -0.39 is 114 Å². The number of allylic oxidation sites excluding steroid dienone is 3. The third kappa shape index (κ3) is 7.64. The number of carboxylic acid groups (broad SMARTS) is 1. The van der Waals surface area contributed by atoms with Crippen molar-refractivity contribution >= 4 is 22.9 Å². The molecule has 0 saturated carbocycles. The zero-order valence-corrected chi connectivity index (χ0v) is 33.1. The van der Waals surface area contributed by atoms with Crippen molar-refractivity contribution in [3.63, 3.8) is 0 Å². The number of rotatable bonds is 9. The fraction of sp³-hybridized carbons (Fsp3) is 0.357. The van der Waals surface area contributed by atoms with Crippen LogP contribution in [0.3, 0.4) is 0 Å². The number of nitrogens with two attached hydrogens (primary N) is 1. The average Bonchev–Trinajstić information content (AvgIpc) is 3.73. The number of carboxylic acids is 1. The van der Waals surface area contributed by atoms with Gasteiger partial charge in [0.25, 0.3) is 5.79 Å². The number of aromatic nitrogens is 1. The molecule has 0 radical (unpaired) electrons. The van der Waals surface area contributed by atoms with Gasteiger partial charge in [-0.05, 0) is 42.3 Å². The lowest BCUT2D eigenvalue weighted by Crippen LogP contribution is -2.69. The van der Waals surface area contributed by atoms with Crippen LogP contribution in [0.2, 0.25) is 0 Å². The van der Waals surface area contributed by atoms with Gasteiger partial charge in [0, 0.05) is 71.4 Å². The fourth-order valence-corrected chi connectivity index (χ4v) is 8.20. The summed E-state index contributed by atoms with van der Waals surface area (Å²) in [6.07, 6.45) is -13.6. The third-order valence-electron chi connectivity index (χ3n) is 11.5. The Bertz CT molecular complexity index is 2630. The number of aliphatic hydroxyl groups excluding tert-OH is 7. The molecule has 12 atom stereocenters. The van der Waals surface area contributed by atoms with E-state index in [2.05, 4.69) is 10.3 Å². The molecular weight excluding hydrogens is 850 g/mol. The molecule has 340 valence electrons. The molecule has 4 aromatic rings. The zero-order chi connectivity index (χ0) is 45.9. The van der Waals surface area contributed by atoms with Gasteiger partial charge in [-0.15, -0.1) is 0 Å². The number of esters is 1. The highest BCUT2D eigenvalue weighted by molar-refractivity contribution is 5.89. The van der Waals surface area contributed by atoms with Crippen LogP contribution >= 0.6 is 0 Å². The summed E-state index contributed by atoms with van der Waals surface area (Å²) in [6.45, 7) is -0.404. The SMILES string of the molecule is NC1C=CC([C@@H]2C=C(Cc3ccc[nH]3)[C@]3(Oc4cc5oc(-c6cc(O)c(O)c(CCO)c6)cc(=O)c5c(O)c42)O[C@H](C(=O)O[C@H]2O[C@H](C(=O)O)[C@@H](O)[C@H](O)[C@H]2O)[C@@H](O)[C@H](O)[C@H]3O)=CN1. The first kappa shape index (κ1) is 44.3. The van der Waals surface area contributed by atoms with E-state index in [1.54, 1.807) is 30.5 Å². The molecule has 2 fully saturated rings. The third-order valence-corrected chi connectivity index (χ3v) is 11.5. The molecule has 8 rings (SSSR count). The second kappa shape index (κ2) is 17.0. The first-order valence-corrected chi connectivity index (χ1v) is 19.7. The Morgan fingerprint density at radius 2 is 1.67 bits per heavy atom. The molecule has 0 aliphatic carbocycles. The number of aromatic hydroxyl groups is 3. The van der Waals surface area contributed by atoms with Gasteiger partial charge in [0.2, 0.25) is 6.29 Å². The van der Waals surface area contributed by atoms with Crippen LogP contribution in [-0.4, -0.2) is 147 Å². The predicted molar refractivity (Wildman–Crippen MR) is 214 cm³/mol. The maximum absolute atomic E-state index is 14.0. The zero-order valence-electron chi connectivity index (χ0n) is 33.1. The Morgan fingerprint density at radius 3 is 2.34 bits per heavy atom. The van der Waals surface area contributed by atoms with E-state index >= 15 is 0 Å². The van der Waals surface area contributed by atoms with Crippen LogP contribution < -0.4 is 21.2 Å². The smallest absolute Gasteiger partial charge is 0.340 e. The molecule has 1 spiro atoms. The highest BCUT2D eigenvalue weighted by atomic mass is 16.8. The number of nitrogens with one attached hydrogen (secondary N) is 2. The van der Waals surface area contributed by atoms with E-state index in [9.17, 15) is 70.6 Å². The first-order chi connectivity index (χ1) is 30.4. The Kier molecular flexibility index (Phi) is 11.8. The lowest BCUT2D eigenvalue weighted by atomic mass is 9.82. The minimum absolute atomic E-state index is 0.0607. The van der Waals surface area contributed by atoms with Crippen LogP contribution in [0.1, 0.15) is 22.7 Å². The van der Waals surface area contributed by atoms with Crippen molar-refractivity contribution in [1.29, 1.82) is 0 Å². The number of phenolic OH excluding ortho intramolecular Hbond substituents is 3. The largest absolute Gasteiger partial charge is 0.507 e. The number of aromatic amines is 1. The molecule has 6 heterocycles. The van der Waals surface area contributed by atoms with Gasteiger partial charge in [-0.2, -0.15) is 0 Å². The Morgan fingerprint density at radius 1 is 0.922 bits per heavy atom. The molecule has 2 aromatic heterocycles. The van der Waals surface area contributed by atoms with E-state index in [0.29, 0.717) is 11.3 Å². The molecule has 22 nitrogen and oxygen atoms in total. The molecule has 0 amide bonds. The van der Waals surface area contributed by atoms with Gasteiger partial charge < -0.3 is 95.6 Å². The van der Waals surface area contributed by atoms with Crippen LogP contribution in [0.5, 0.6) is 23.0 Å². The standard InChI is InChI=1S/C42H43N3O19/c43-26-4-3-16(14-45-26)20-11-18(10-19-2-1-6-44-19)42(38(56)34(54)33(53)37(64-42)40(59)62-41-35(55)31(51)32(52)36(61-41)39(57)58)63-25-13-24-28(30(50)27(20)25)21(47)12-23(60-24)17-8-15(5-7-46)29(49)22(48)9-17/h1-4,6,8-9,11-14,20,26,31-38,41,44-46,48-56H,5,7,10,43H2,(H,57,58)/t20-,26?,31-,32-,33-,34-,35+,36-,37-,38+,41+,42-/m0/s1. The van der Waals surface area contributed by atoms with Gasteiger partial charge in [-0.25, -0.2) is 9.59 Å². The number of hydrogen-bond acceptors (Lipinski definition) is 20. The van der Waals surface area contributed by atoms with Crippen LogP contribution in [0.4, 0.5) is 0 Å². The van der Waals surface area contributed by atoms with Crippen molar-refractivity contribution in [3.05, 3.63) is 105 Å². The number of benzene rings is 2. The van der Waals surface area contributed by atoms with Crippen molar-refractivity contribution in [1.82, 2.24) is 10.3 Å². The van der Waals surface area contributed by atoms with Gasteiger partial charge in [0.1, 0.15) is 58.7 Å². The first-order valence-electron chi connectivity index (χ1n) is 19.7. The molecule has 2 saturated heterocycles. The monoisotopic (exact) mass is 893 g/mol. The number of dihydropyridines is 1. The molecule has 1 unspecified atom stereocenters. The molecule has 15 N–H and O–H groups in total. The minimum atomic E-state index is -2.75. The van der Waals surface area contributed by atoms with Crippen LogP contribution in [-0.2, 0) is 36.6 Å². The maximum Gasteiger partial charge on any atom is 0.340 e. The number of hydrogen-bond donors (Lipinski definition) is 14. The Labute approximate surface area is 359 Å². The van der Waals surface area contributed by atoms with Gasteiger partial charge >= 0.3 is 11.9 Å². The number of carbonyl (C=O) groups is 2. The summed E-state index contributed by atoms with van der Waals surface area (Å²) in [5.41, 5.74) is 5.75. The lowest BCUT2D eigenvalue weighted by Gasteiger charge is -2.48. The van der Waals surface area contributed by atoms with Gasteiger partial charge in [-0.1, -0.05) is 12.2 Å². The molecule has 0 bridgehead atoms. The van der Waals surface area contributed by atoms with E-state index in [0.717, 1.165) is 18.2 Å². The quantitative estimate of drug-likeness (QED) is 0.0492. The maximum atomic E-state index is 14.0.